The fraction of sp³-hybridized carbons (Fsp3) is 0.450. The van der Waals surface area contributed by atoms with Crippen molar-refractivity contribution < 1.29 is 19.1 Å². The van der Waals surface area contributed by atoms with E-state index >= 15 is 0 Å². The van der Waals surface area contributed by atoms with Crippen molar-refractivity contribution in [3.8, 4) is 5.75 Å². The van der Waals surface area contributed by atoms with E-state index in [4.69, 9.17) is 4.74 Å². The van der Waals surface area contributed by atoms with E-state index in [1.807, 2.05) is 0 Å². The fourth-order valence-corrected chi connectivity index (χ4v) is 5.40. The van der Waals surface area contributed by atoms with Crippen LogP contribution in [0.15, 0.2) is 30.4 Å². The number of ketones is 1. The summed E-state index contributed by atoms with van der Waals surface area (Å²) in [5, 5.41) is 0. The maximum absolute atomic E-state index is 13.2. The molecule has 128 valence electrons. The van der Waals surface area contributed by atoms with Gasteiger partial charge in [-0.05, 0) is 55.2 Å². The molecule has 3 fully saturated rings. The van der Waals surface area contributed by atoms with Crippen LogP contribution in [0.3, 0.4) is 0 Å². The molecule has 1 saturated heterocycles. The van der Waals surface area contributed by atoms with Gasteiger partial charge in [-0.1, -0.05) is 12.2 Å². The molecule has 0 unspecified atom stereocenters. The van der Waals surface area contributed by atoms with E-state index in [0.717, 1.165) is 12.8 Å². The van der Waals surface area contributed by atoms with Gasteiger partial charge >= 0.3 is 0 Å². The number of rotatable bonds is 3. The van der Waals surface area contributed by atoms with Crippen LogP contribution in [0.4, 0.5) is 5.69 Å². The quantitative estimate of drug-likeness (QED) is 0.483. The number of Topliss-reactive ketones (excluding diaryl/α,β-unsaturated/α-hetero) is 1. The van der Waals surface area contributed by atoms with Crippen LogP contribution in [0.5, 0.6) is 5.75 Å². The summed E-state index contributed by atoms with van der Waals surface area (Å²) in [6.45, 7) is 1.47. The van der Waals surface area contributed by atoms with Gasteiger partial charge in [0.15, 0.2) is 5.78 Å². The van der Waals surface area contributed by atoms with Crippen LogP contribution in [-0.4, -0.2) is 24.7 Å². The molecule has 25 heavy (non-hydrogen) atoms. The van der Waals surface area contributed by atoms with Gasteiger partial charge in [-0.25, -0.2) is 4.90 Å². The first-order valence-corrected chi connectivity index (χ1v) is 8.75. The molecule has 5 nitrogen and oxygen atoms in total. The largest absolute Gasteiger partial charge is 0.495 e. The van der Waals surface area contributed by atoms with Gasteiger partial charge in [0.05, 0.1) is 24.6 Å². The molecular formula is C20H19NO4. The van der Waals surface area contributed by atoms with Crippen molar-refractivity contribution in [2.24, 2.45) is 29.1 Å². The Labute approximate surface area is 145 Å². The second kappa shape index (κ2) is 4.59. The minimum Gasteiger partial charge on any atom is -0.495 e. The third kappa shape index (κ3) is 1.66. The van der Waals surface area contributed by atoms with Crippen molar-refractivity contribution in [1.82, 2.24) is 0 Å². The number of amides is 2. The second-order valence-electron chi connectivity index (χ2n) is 7.68. The maximum Gasteiger partial charge on any atom is 0.238 e. The van der Waals surface area contributed by atoms with E-state index in [0.29, 0.717) is 17.0 Å². The highest BCUT2D eigenvalue weighted by molar-refractivity contribution is 6.24. The lowest BCUT2D eigenvalue weighted by molar-refractivity contribution is -0.123. The van der Waals surface area contributed by atoms with E-state index in [2.05, 4.69) is 12.2 Å². The van der Waals surface area contributed by atoms with Crippen molar-refractivity contribution in [1.29, 1.82) is 0 Å². The van der Waals surface area contributed by atoms with Gasteiger partial charge in [-0.15, -0.1) is 0 Å². The zero-order valence-corrected chi connectivity index (χ0v) is 14.2. The van der Waals surface area contributed by atoms with Crippen molar-refractivity contribution in [3.05, 3.63) is 35.9 Å². The molecule has 0 aromatic heterocycles. The molecule has 1 aromatic rings. The normalized spacial score (nSPS) is 33.3. The van der Waals surface area contributed by atoms with Gasteiger partial charge in [0, 0.05) is 5.56 Å². The van der Waals surface area contributed by atoms with Crippen molar-refractivity contribution in [2.75, 3.05) is 12.0 Å². The fourth-order valence-electron chi connectivity index (χ4n) is 5.40. The summed E-state index contributed by atoms with van der Waals surface area (Å²) in [6, 6.07) is 4.90. The first-order chi connectivity index (χ1) is 12.0. The number of fused-ring (bicyclic) bond motifs is 3. The van der Waals surface area contributed by atoms with Gasteiger partial charge in [0.25, 0.3) is 0 Å². The summed E-state index contributed by atoms with van der Waals surface area (Å²) in [6.07, 6.45) is 6.53. The van der Waals surface area contributed by atoms with Crippen LogP contribution in [0.25, 0.3) is 0 Å². The molecule has 0 N–H and O–H groups in total. The Morgan fingerprint density at radius 2 is 1.72 bits per heavy atom. The lowest BCUT2D eigenvalue weighted by atomic mass is 9.85. The Balaban J connectivity index is 1.59. The molecule has 2 saturated carbocycles. The average molecular weight is 337 g/mol. The summed E-state index contributed by atoms with van der Waals surface area (Å²) in [7, 11) is 1.50. The van der Waals surface area contributed by atoms with Crippen molar-refractivity contribution in [3.63, 3.8) is 0 Å². The number of methoxy groups -OCH3 is 1. The second-order valence-corrected chi connectivity index (χ2v) is 7.68. The van der Waals surface area contributed by atoms with Gasteiger partial charge in [-0.3, -0.25) is 14.4 Å². The van der Waals surface area contributed by atoms with E-state index in [1.54, 1.807) is 18.2 Å². The van der Waals surface area contributed by atoms with Crippen LogP contribution < -0.4 is 9.64 Å². The van der Waals surface area contributed by atoms with Crippen LogP contribution in [0, 0.1) is 29.1 Å². The Bertz CT molecular complexity index is 832. The molecule has 2 amide bonds. The van der Waals surface area contributed by atoms with Gasteiger partial charge in [0.2, 0.25) is 11.8 Å². The number of nitrogens with zero attached hydrogens (tertiary/aromatic N) is 1. The standard InChI is InChI=1S/C20H19NO4/c1-10(22)11-3-6-15(25-2)14(9-11)21-18(23)16-12-4-5-13(17(16)19(21)24)20(12)7-8-20/h3-6,9,12-13,16-17H,7-8H2,1-2H3/t12-,13-,16-,17-/m1/s1. The van der Waals surface area contributed by atoms with Crippen molar-refractivity contribution >= 4 is 23.3 Å². The topological polar surface area (TPSA) is 63.7 Å². The molecule has 0 radical (unpaired) electrons. The molecule has 1 aliphatic heterocycles. The summed E-state index contributed by atoms with van der Waals surface area (Å²) >= 11 is 0. The van der Waals surface area contributed by atoms with Crippen LogP contribution in [-0.2, 0) is 9.59 Å². The number of carbonyl (C=O) groups excluding carboxylic acids is 3. The van der Waals surface area contributed by atoms with E-state index in [9.17, 15) is 14.4 Å². The predicted molar refractivity (Wildman–Crippen MR) is 90.3 cm³/mol. The summed E-state index contributed by atoms with van der Waals surface area (Å²) in [4.78, 5) is 39.4. The predicted octanol–water partition coefficient (Wildman–Crippen LogP) is 2.60. The number of anilines is 1. The van der Waals surface area contributed by atoms with E-state index in [-0.39, 0.29) is 46.7 Å². The summed E-state index contributed by atoms with van der Waals surface area (Å²) in [5.74, 6) is -0.0903. The number of imide groups is 1. The number of hydrogen-bond donors (Lipinski definition) is 0. The zero-order chi connectivity index (χ0) is 17.5. The molecule has 1 heterocycles. The van der Waals surface area contributed by atoms with E-state index < -0.39 is 0 Å². The molecule has 4 atom stereocenters. The molecule has 1 spiro atoms. The number of carbonyl (C=O) groups is 3. The van der Waals surface area contributed by atoms with Gasteiger partial charge in [-0.2, -0.15) is 0 Å². The lowest BCUT2D eigenvalue weighted by Crippen LogP contribution is -2.35. The van der Waals surface area contributed by atoms with Gasteiger partial charge in [0.1, 0.15) is 5.75 Å². The Hall–Kier alpha value is -2.43. The molecule has 5 heteroatoms. The first kappa shape index (κ1) is 14.9. The molecule has 4 aliphatic rings. The van der Waals surface area contributed by atoms with Crippen LogP contribution in [0.2, 0.25) is 0 Å². The maximum atomic E-state index is 13.2. The Kier molecular flexibility index (Phi) is 2.73. The molecule has 2 bridgehead atoms. The van der Waals surface area contributed by atoms with Crippen molar-refractivity contribution in [2.45, 2.75) is 19.8 Å². The lowest BCUT2D eigenvalue weighted by Gasteiger charge is -2.23. The molecular weight excluding hydrogens is 318 g/mol. The third-order valence-electron chi connectivity index (χ3n) is 6.68. The van der Waals surface area contributed by atoms with E-state index in [1.165, 1.54) is 18.9 Å². The highest BCUT2D eigenvalue weighted by atomic mass is 16.5. The molecule has 1 aromatic carbocycles. The van der Waals surface area contributed by atoms with Crippen LogP contribution in [0.1, 0.15) is 30.1 Å². The molecule has 5 rings (SSSR count). The van der Waals surface area contributed by atoms with Gasteiger partial charge < -0.3 is 4.74 Å². The van der Waals surface area contributed by atoms with Crippen LogP contribution >= 0.6 is 0 Å². The minimum atomic E-state index is -0.254. The summed E-state index contributed by atoms with van der Waals surface area (Å²) < 4.78 is 5.36. The number of allylic oxidation sites excluding steroid dienone is 2. The highest BCUT2D eigenvalue weighted by Crippen LogP contribution is 2.73. The molecule has 3 aliphatic carbocycles. The Morgan fingerprint density at radius 1 is 1.12 bits per heavy atom. The zero-order valence-electron chi connectivity index (χ0n) is 14.2. The number of ether oxygens (including phenoxy) is 1. The Morgan fingerprint density at radius 3 is 2.20 bits per heavy atom. The highest BCUT2D eigenvalue weighted by Gasteiger charge is 2.73. The SMILES string of the molecule is COc1ccc(C(C)=O)cc1N1C(=O)[C@H]2[C@H](C1=O)[C@H]1C=C[C@H]2C12CC2. The number of hydrogen-bond acceptors (Lipinski definition) is 4. The summed E-state index contributed by atoms with van der Waals surface area (Å²) in [5.41, 5.74) is 1.04. The smallest absolute Gasteiger partial charge is 0.238 e. The third-order valence-corrected chi connectivity index (χ3v) is 6.68. The average Bonchev–Trinajstić information content (AvgIpc) is 3.19. The minimum absolute atomic E-state index is 0.109. The first-order valence-electron chi connectivity index (χ1n) is 8.75. The monoisotopic (exact) mass is 337 g/mol. The number of benzene rings is 1.